The van der Waals surface area contributed by atoms with E-state index in [2.05, 4.69) is 15.6 Å². The Morgan fingerprint density at radius 1 is 1.19 bits per heavy atom. The van der Waals surface area contributed by atoms with Crippen LogP contribution in [0.5, 0.6) is 0 Å². The number of aromatic nitrogens is 1. The molecule has 0 radical (unpaired) electrons. The van der Waals surface area contributed by atoms with Crippen LogP contribution in [0.25, 0.3) is 0 Å². The van der Waals surface area contributed by atoms with E-state index >= 15 is 0 Å². The van der Waals surface area contributed by atoms with Crippen molar-refractivity contribution in [2.45, 2.75) is 12.8 Å². The van der Waals surface area contributed by atoms with Gasteiger partial charge in [0.25, 0.3) is 5.91 Å². The average molecular weight is 373 g/mol. The Morgan fingerprint density at radius 3 is 2.69 bits per heavy atom. The van der Waals surface area contributed by atoms with Gasteiger partial charge in [0.15, 0.2) is 0 Å². The van der Waals surface area contributed by atoms with Crippen molar-refractivity contribution in [2.75, 3.05) is 25.0 Å². The lowest BCUT2D eigenvalue weighted by Gasteiger charge is -2.32. The molecule has 0 saturated carbocycles. The fourth-order valence-electron chi connectivity index (χ4n) is 2.99. The molecule has 0 bridgehead atoms. The van der Waals surface area contributed by atoms with Crippen molar-refractivity contribution in [1.82, 2.24) is 15.2 Å². The van der Waals surface area contributed by atoms with Crippen molar-refractivity contribution in [2.24, 2.45) is 5.92 Å². The number of anilines is 1. The molecule has 1 aromatic heterocycles. The Balaban J connectivity index is 1.41. The maximum Gasteiger partial charge on any atom is 0.319 e. The molecular formula is C19H21ClN4O2. The number of halogens is 1. The van der Waals surface area contributed by atoms with Gasteiger partial charge in [-0.2, -0.15) is 0 Å². The van der Waals surface area contributed by atoms with Gasteiger partial charge in [0.1, 0.15) is 0 Å². The van der Waals surface area contributed by atoms with Gasteiger partial charge in [-0.05, 0) is 49.1 Å². The first-order valence-electron chi connectivity index (χ1n) is 8.61. The number of carbonyl (C=O) groups excluding carboxylic acids is 2. The van der Waals surface area contributed by atoms with Crippen LogP contribution >= 0.6 is 11.6 Å². The monoisotopic (exact) mass is 372 g/mol. The first kappa shape index (κ1) is 18.2. The summed E-state index contributed by atoms with van der Waals surface area (Å²) in [6.45, 7) is 1.97. The molecule has 26 heavy (non-hydrogen) atoms. The summed E-state index contributed by atoms with van der Waals surface area (Å²) in [5, 5.41) is 6.23. The van der Waals surface area contributed by atoms with Crippen LogP contribution in [0.15, 0.2) is 48.8 Å². The summed E-state index contributed by atoms with van der Waals surface area (Å²) in [6.07, 6.45) is 4.98. The molecule has 1 aliphatic rings. The van der Waals surface area contributed by atoms with Crippen LogP contribution in [0.3, 0.4) is 0 Å². The summed E-state index contributed by atoms with van der Waals surface area (Å²) < 4.78 is 0. The maximum atomic E-state index is 12.4. The Morgan fingerprint density at radius 2 is 2.00 bits per heavy atom. The van der Waals surface area contributed by atoms with Crippen LogP contribution in [-0.4, -0.2) is 41.5 Å². The summed E-state index contributed by atoms with van der Waals surface area (Å²) in [4.78, 5) is 30.2. The minimum Gasteiger partial charge on any atom is -0.339 e. The second-order valence-corrected chi connectivity index (χ2v) is 6.76. The van der Waals surface area contributed by atoms with Crippen molar-refractivity contribution in [3.63, 3.8) is 0 Å². The van der Waals surface area contributed by atoms with E-state index in [-0.39, 0.29) is 11.9 Å². The zero-order chi connectivity index (χ0) is 18.4. The first-order valence-corrected chi connectivity index (χ1v) is 8.99. The lowest BCUT2D eigenvalue weighted by molar-refractivity contribution is 0.0690. The number of rotatable bonds is 4. The number of urea groups is 1. The van der Waals surface area contributed by atoms with Gasteiger partial charge in [0.05, 0.1) is 5.56 Å². The van der Waals surface area contributed by atoms with Crippen molar-refractivity contribution in [1.29, 1.82) is 0 Å². The molecule has 1 aliphatic heterocycles. The number of likely N-dealkylation sites (tertiary alicyclic amines) is 1. The number of benzene rings is 1. The first-order chi connectivity index (χ1) is 12.6. The second-order valence-electron chi connectivity index (χ2n) is 6.32. The van der Waals surface area contributed by atoms with Crippen LogP contribution < -0.4 is 10.6 Å². The van der Waals surface area contributed by atoms with Crippen LogP contribution in [0.2, 0.25) is 5.02 Å². The standard InChI is InChI=1S/C19H21ClN4O2/c20-16-4-1-5-17(11-16)23-19(26)22-12-14-6-9-24(10-7-14)18(25)15-3-2-8-21-13-15/h1-5,8,11,13-14H,6-7,9-10,12H2,(H2,22,23,26). The molecule has 3 rings (SSSR count). The van der Waals surface area contributed by atoms with Gasteiger partial charge in [-0.25, -0.2) is 4.79 Å². The van der Waals surface area contributed by atoms with E-state index in [1.807, 2.05) is 4.90 Å². The number of piperidine rings is 1. The van der Waals surface area contributed by atoms with Crippen molar-refractivity contribution in [3.8, 4) is 0 Å². The minimum absolute atomic E-state index is 0.0169. The van der Waals surface area contributed by atoms with Crippen molar-refractivity contribution >= 4 is 29.2 Å². The van der Waals surface area contributed by atoms with E-state index < -0.39 is 0 Å². The fraction of sp³-hybridized carbons (Fsp3) is 0.316. The van der Waals surface area contributed by atoms with E-state index in [0.29, 0.717) is 41.8 Å². The zero-order valence-electron chi connectivity index (χ0n) is 14.3. The molecule has 0 unspecified atom stereocenters. The quantitative estimate of drug-likeness (QED) is 0.863. The van der Waals surface area contributed by atoms with E-state index in [9.17, 15) is 9.59 Å². The number of nitrogens with zero attached hydrogens (tertiary/aromatic N) is 2. The Labute approximate surface area is 157 Å². The molecule has 1 saturated heterocycles. The second kappa shape index (κ2) is 8.67. The van der Waals surface area contributed by atoms with E-state index in [4.69, 9.17) is 11.6 Å². The minimum atomic E-state index is -0.249. The smallest absolute Gasteiger partial charge is 0.319 e. The van der Waals surface area contributed by atoms with Crippen LogP contribution in [-0.2, 0) is 0 Å². The molecule has 2 N–H and O–H groups in total. The molecule has 7 heteroatoms. The lowest BCUT2D eigenvalue weighted by atomic mass is 9.96. The summed E-state index contributed by atoms with van der Waals surface area (Å²) in [7, 11) is 0. The number of nitrogens with one attached hydrogen (secondary N) is 2. The maximum absolute atomic E-state index is 12.4. The molecule has 1 fully saturated rings. The summed E-state index contributed by atoms with van der Waals surface area (Å²) >= 11 is 5.90. The number of hydrogen-bond acceptors (Lipinski definition) is 3. The van der Waals surface area contributed by atoms with Gasteiger partial charge in [0, 0.05) is 42.7 Å². The summed E-state index contributed by atoms with van der Waals surface area (Å²) in [5.74, 6) is 0.376. The highest BCUT2D eigenvalue weighted by Gasteiger charge is 2.24. The molecule has 0 spiro atoms. The van der Waals surface area contributed by atoms with Gasteiger partial charge < -0.3 is 15.5 Å². The Hall–Kier alpha value is -2.60. The van der Waals surface area contributed by atoms with Crippen LogP contribution in [0, 0.1) is 5.92 Å². The molecular weight excluding hydrogens is 352 g/mol. The number of carbonyl (C=O) groups is 2. The van der Waals surface area contributed by atoms with Crippen molar-refractivity contribution in [3.05, 3.63) is 59.4 Å². The number of hydrogen-bond donors (Lipinski definition) is 2. The molecule has 2 heterocycles. The largest absolute Gasteiger partial charge is 0.339 e. The highest BCUT2D eigenvalue weighted by molar-refractivity contribution is 6.30. The van der Waals surface area contributed by atoms with Gasteiger partial charge >= 0.3 is 6.03 Å². The predicted octanol–water partition coefficient (Wildman–Crippen LogP) is 3.41. The molecule has 1 aromatic carbocycles. The lowest BCUT2D eigenvalue weighted by Crippen LogP contribution is -2.42. The number of amides is 3. The predicted molar refractivity (Wildman–Crippen MR) is 101 cm³/mol. The topological polar surface area (TPSA) is 74.3 Å². The Kier molecular flexibility index (Phi) is 6.07. The third kappa shape index (κ3) is 4.95. The average Bonchev–Trinajstić information content (AvgIpc) is 2.67. The molecule has 3 amide bonds. The molecule has 6 nitrogen and oxygen atoms in total. The summed E-state index contributed by atoms with van der Waals surface area (Å²) in [6, 6.07) is 10.3. The van der Waals surface area contributed by atoms with Gasteiger partial charge in [-0.3, -0.25) is 9.78 Å². The Bertz CT molecular complexity index is 761. The fourth-order valence-corrected chi connectivity index (χ4v) is 3.18. The van der Waals surface area contributed by atoms with Gasteiger partial charge in [-0.15, -0.1) is 0 Å². The van der Waals surface area contributed by atoms with Gasteiger partial charge in [-0.1, -0.05) is 17.7 Å². The third-order valence-corrected chi connectivity index (χ3v) is 4.68. The zero-order valence-corrected chi connectivity index (χ0v) is 15.1. The third-order valence-electron chi connectivity index (χ3n) is 4.44. The molecule has 0 atom stereocenters. The van der Waals surface area contributed by atoms with Crippen molar-refractivity contribution < 1.29 is 9.59 Å². The van der Waals surface area contributed by atoms with E-state index in [0.717, 1.165) is 12.8 Å². The highest BCUT2D eigenvalue weighted by atomic mass is 35.5. The number of pyridine rings is 1. The van der Waals surface area contributed by atoms with E-state index in [1.54, 1.807) is 48.8 Å². The summed E-state index contributed by atoms with van der Waals surface area (Å²) in [5.41, 5.74) is 1.27. The van der Waals surface area contributed by atoms with E-state index in [1.165, 1.54) is 0 Å². The molecule has 136 valence electrons. The normalized spacial score (nSPS) is 14.7. The molecule has 0 aliphatic carbocycles. The van der Waals surface area contributed by atoms with Gasteiger partial charge in [0.2, 0.25) is 0 Å². The SMILES string of the molecule is O=C(NCC1CCN(C(=O)c2cccnc2)CC1)Nc1cccc(Cl)c1. The highest BCUT2D eigenvalue weighted by Crippen LogP contribution is 2.19. The molecule has 2 aromatic rings. The van der Waals surface area contributed by atoms with Crippen LogP contribution in [0.1, 0.15) is 23.2 Å². The van der Waals surface area contributed by atoms with Crippen LogP contribution in [0.4, 0.5) is 10.5 Å².